The standard InChI is InChI=1S/C21H22INO6/c1-4-8-28-19-12(22)9-11(10-15(19)26-2)16-17-13(24)6-5-7-14(17)29-20(23)18(16)21(25)27-3/h4,9-10,16H,1,5-8,23H2,2-3H3/t16-/m0/s1. The zero-order valence-corrected chi connectivity index (χ0v) is 18.4. The summed E-state index contributed by atoms with van der Waals surface area (Å²) in [5, 5.41) is 0. The minimum Gasteiger partial charge on any atom is -0.493 e. The van der Waals surface area contributed by atoms with Crippen LogP contribution in [0.4, 0.5) is 0 Å². The molecule has 3 rings (SSSR count). The minimum atomic E-state index is -0.699. The average molecular weight is 511 g/mol. The topological polar surface area (TPSA) is 97.1 Å². The van der Waals surface area contributed by atoms with Gasteiger partial charge in [-0.25, -0.2) is 4.79 Å². The Morgan fingerprint density at radius 3 is 2.79 bits per heavy atom. The lowest BCUT2D eigenvalue weighted by Crippen LogP contribution is -2.31. The van der Waals surface area contributed by atoms with Gasteiger partial charge >= 0.3 is 5.97 Å². The molecule has 0 amide bonds. The van der Waals surface area contributed by atoms with Gasteiger partial charge < -0.3 is 24.7 Å². The van der Waals surface area contributed by atoms with E-state index in [4.69, 9.17) is 24.7 Å². The van der Waals surface area contributed by atoms with E-state index in [-0.39, 0.29) is 17.2 Å². The van der Waals surface area contributed by atoms with Crippen LogP contribution in [0.15, 0.2) is 47.6 Å². The number of ether oxygens (including phenoxy) is 4. The highest BCUT2D eigenvalue weighted by molar-refractivity contribution is 14.1. The third-order valence-corrected chi connectivity index (χ3v) is 5.62. The van der Waals surface area contributed by atoms with Crippen LogP contribution in [0.1, 0.15) is 30.7 Å². The van der Waals surface area contributed by atoms with Gasteiger partial charge in [0.05, 0.1) is 23.7 Å². The highest BCUT2D eigenvalue weighted by Gasteiger charge is 2.41. The zero-order chi connectivity index (χ0) is 21.1. The molecule has 1 aromatic rings. The Balaban J connectivity index is 2.20. The number of esters is 1. The number of halogens is 1. The SMILES string of the molecule is C=CCOc1c(I)cc([C@@H]2C(C(=O)OC)=C(N)OC3=C2C(=O)CCC3)cc1OC. The average Bonchev–Trinajstić information content (AvgIpc) is 2.71. The predicted octanol–water partition coefficient (Wildman–Crippen LogP) is 3.33. The van der Waals surface area contributed by atoms with Crippen molar-refractivity contribution >= 4 is 34.3 Å². The summed E-state index contributed by atoms with van der Waals surface area (Å²) in [7, 11) is 2.80. The molecule has 8 heteroatoms. The molecule has 0 spiro atoms. The number of ketones is 1. The van der Waals surface area contributed by atoms with Gasteiger partial charge in [0.1, 0.15) is 17.9 Å². The second-order valence-corrected chi connectivity index (χ2v) is 7.71. The quantitative estimate of drug-likeness (QED) is 0.356. The van der Waals surface area contributed by atoms with E-state index in [9.17, 15) is 9.59 Å². The highest BCUT2D eigenvalue weighted by Crippen LogP contribution is 2.46. The Bertz CT molecular complexity index is 933. The van der Waals surface area contributed by atoms with Crippen molar-refractivity contribution in [1.29, 1.82) is 0 Å². The van der Waals surface area contributed by atoms with Gasteiger partial charge in [0, 0.05) is 18.4 Å². The van der Waals surface area contributed by atoms with Crippen molar-refractivity contribution in [2.45, 2.75) is 25.2 Å². The molecule has 1 heterocycles. The lowest BCUT2D eigenvalue weighted by molar-refractivity contribution is -0.136. The lowest BCUT2D eigenvalue weighted by atomic mass is 9.77. The molecule has 1 aliphatic carbocycles. The Kier molecular flexibility index (Phi) is 6.51. The number of methoxy groups -OCH3 is 2. The molecule has 1 aliphatic heterocycles. The van der Waals surface area contributed by atoms with Gasteiger partial charge in [0.15, 0.2) is 17.3 Å². The number of hydrogen-bond acceptors (Lipinski definition) is 7. The molecule has 0 unspecified atom stereocenters. The van der Waals surface area contributed by atoms with E-state index in [1.54, 1.807) is 12.1 Å². The van der Waals surface area contributed by atoms with Crippen LogP contribution >= 0.6 is 22.6 Å². The van der Waals surface area contributed by atoms with Crippen LogP contribution in [-0.4, -0.2) is 32.6 Å². The first-order chi connectivity index (χ1) is 13.9. The van der Waals surface area contributed by atoms with Crippen LogP contribution in [0.2, 0.25) is 0 Å². The fourth-order valence-electron chi connectivity index (χ4n) is 3.59. The van der Waals surface area contributed by atoms with E-state index in [1.807, 2.05) is 6.07 Å². The smallest absolute Gasteiger partial charge is 0.340 e. The van der Waals surface area contributed by atoms with Gasteiger partial charge in [-0.05, 0) is 46.7 Å². The van der Waals surface area contributed by atoms with Crippen LogP contribution in [0.3, 0.4) is 0 Å². The van der Waals surface area contributed by atoms with Crippen molar-refractivity contribution in [3.63, 3.8) is 0 Å². The minimum absolute atomic E-state index is 0.0451. The normalized spacial score (nSPS) is 18.7. The number of rotatable bonds is 6. The maximum Gasteiger partial charge on any atom is 0.340 e. The van der Waals surface area contributed by atoms with Gasteiger partial charge in [-0.2, -0.15) is 0 Å². The summed E-state index contributed by atoms with van der Waals surface area (Å²) >= 11 is 2.13. The molecular weight excluding hydrogens is 489 g/mol. The largest absolute Gasteiger partial charge is 0.493 e. The maximum atomic E-state index is 12.8. The summed E-state index contributed by atoms with van der Waals surface area (Å²) in [5.74, 6) is 0.103. The van der Waals surface area contributed by atoms with E-state index in [0.29, 0.717) is 54.3 Å². The van der Waals surface area contributed by atoms with Crippen LogP contribution in [0.5, 0.6) is 11.5 Å². The Morgan fingerprint density at radius 2 is 2.14 bits per heavy atom. The molecule has 154 valence electrons. The van der Waals surface area contributed by atoms with Gasteiger partial charge in [-0.3, -0.25) is 4.79 Å². The molecule has 2 aliphatic rings. The van der Waals surface area contributed by atoms with Gasteiger partial charge in [-0.1, -0.05) is 12.7 Å². The lowest BCUT2D eigenvalue weighted by Gasteiger charge is -2.32. The van der Waals surface area contributed by atoms with E-state index in [0.717, 1.165) is 3.57 Å². The van der Waals surface area contributed by atoms with Crippen LogP contribution in [0.25, 0.3) is 0 Å². The van der Waals surface area contributed by atoms with Crippen LogP contribution in [-0.2, 0) is 19.1 Å². The van der Waals surface area contributed by atoms with Gasteiger partial charge in [0.25, 0.3) is 0 Å². The summed E-state index contributed by atoms with van der Waals surface area (Å²) < 4.78 is 22.6. The maximum absolute atomic E-state index is 12.8. The summed E-state index contributed by atoms with van der Waals surface area (Å²) in [6.07, 6.45) is 3.29. The van der Waals surface area contributed by atoms with Crippen molar-refractivity contribution in [3.05, 3.63) is 56.7 Å². The second-order valence-electron chi connectivity index (χ2n) is 6.55. The molecule has 0 fully saturated rings. The molecule has 1 atom stereocenters. The summed E-state index contributed by atoms with van der Waals surface area (Å²) in [6, 6.07) is 3.60. The molecule has 0 aromatic heterocycles. The van der Waals surface area contributed by atoms with E-state index in [2.05, 4.69) is 29.2 Å². The number of allylic oxidation sites excluding steroid dienone is 2. The molecule has 0 saturated carbocycles. The van der Waals surface area contributed by atoms with E-state index < -0.39 is 11.9 Å². The first-order valence-corrected chi connectivity index (χ1v) is 10.1. The van der Waals surface area contributed by atoms with Crippen LogP contribution in [0, 0.1) is 3.57 Å². The molecule has 0 bridgehead atoms. The fourth-order valence-corrected chi connectivity index (χ4v) is 4.37. The first kappa shape index (κ1) is 21.2. The number of hydrogen-bond donors (Lipinski definition) is 1. The fraction of sp³-hybridized carbons (Fsp3) is 0.333. The molecule has 0 saturated heterocycles. The third-order valence-electron chi connectivity index (χ3n) is 4.82. The number of carbonyl (C=O) groups excluding carboxylic acids is 2. The number of Topliss-reactive ketones (excluding diaryl/α,β-unsaturated/α-hetero) is 1. The van der Waals surface area contributed by atoms with Gasteiger partial charge in [-0.15, -0.1) is 0 Å². The van der Waals surface area contributed by atoms with Crippen LogP contribution < -0.4 is 15.2 Å². The molecule has 1 aromatic carbocycles. The number of benzene rings is 1. The third kappa shape index (κ3) is 3.98. The Morgan fingerprint density at radius 1 is 1.38 bits per heavy atom. The second kappa shape index (κ2) is 8.89. The molecule has 29 heavy (non-hydrogen) atoms. The van der Waals surface area contributed by atoms with Crippen molar-refractivity contribution < 1.29 is 28.5 Å². The number of carbonyl (C=O) groups is 2. The summed E-state index contributed by atoms with van der Waals surface area (Å²) in [4.78, 5) is 25.3. The molecular formula is C21H22INO6. The summed E-state index contributed by atoms with van der Waals surface area (Å²) in [5.41, 5.74) is 7.31. The van der Waals surface area contributed by atoms with Crippen molar-refractivity contribution in [2.75, 3.05) is 20.8 Å². The molecule has 7 nitrogen and oxygen atoms in total. The molecule has 2 N–H and O–H groups in total. The van der Waals surface area contributed by atoms with E-state index >= 15 is 0 Å². The van der Waals surface area contributed by atoms with E-state index in [1.165, 1.54) is 14.2 Å². The number of nitrogens with two attached hydrogens (primary N) is 1. The molecule has 0 radical (unpaired) electrons. The van der Waals surface area contributed by atoms with Crippen molar-refractivity contribution in [1.82, 2.24) is 0 Å². The van der Waals surface area contributed by atoms with Gasteiger partial charge in [0.2, 0.25) is 5.88 Å². The Labute approximate surface area is 182 Å². The Hall–Kier alpha value is -2.49. The zero-order valence-electron chi connectivity index (χ0n) is 16.2. The summed E-state index contributed by atoms with van der Waals surface area (Å²) in [6.45, 7) is 3.97. The van der Waals surface area contributed by atoms with Crippen molar-refractivity contribution in [2.24, 2.45) is 5.73 Å². The first-order valence-electron chi connectivity index (χ1n) is 9.06. The monoisotopic (exact) mass is 511 g/mol. The van der Waals surface area contributed by atoms with Crippen molar-refractivity contribution in [3.8, 4) is 11.5 Å². The highest BCUT2D eigenvalue weighted by atomic mass is 127. The predicted molar refractivity (Wildman–Crippen MR) is 114 cm³/mol.